The van der Waals surface area contributed by atoms with E-state index in [0.29, 0.717) is 0 Å². The van der Waals surface area contributed by atoms with Crippen LogP contribution in [0.1, 0.15) is 6.42 Å². The van der Waals surface area contributed by atoms with Gasteiger partial charge < -0.3 is 10.1 Å². The Kier molecular flexibility index (Phi) is 5.52. The van der Waals surface area contributed by atoms with Crippen LogP contribution in [0.15, 0.2) is 43.0 Å². The molecule has 0 fully saturated rings. The predicted molar refractivity (Wildman–Crippen MR) is 60.6 cm³/mol. The second kappa shape index (κ2) is 7.15. The second-order valence-corrected chi connectivity index (χ2v) is 2.98. The van der Waals surface area contributed by atoms with Crippen molar-refractivity contribution in [1.82, 2.24) is 0 Å². The molecule has 0 aliphatic rings. The fourth-order valence-electron chi connectivity index (χ4n) is 1.09. The molecule has 1 rings (SSSR count). The van der Waals surface area contributed by atoms with E-state index in [-0.39, 0.29) is 0 Å². The van der Waals surface area contributed by atoms with E-state index in [1.54, 1.807) is 0 Å². The van der Waals surface area contributed by atoms with Gasteiger partial charge in [0.05, 0.1) is 13.2 Å². The molecular weight excluding hydrogens is 174 g/mol. The molecule has 2 nitrogen and oxygen atoms in total. The smallest absolute Gasteiger partial charge is 0.0639 e. The third-order valence-electron chi connectivity index (χ3n) is 1.82. The molecule has 14 heavy (non-hydrogen) atoms. The SMILES string of the molecule is C=CCCOCCNc1ccccc1. The summed E-state index contributed by atoms with van der Waals surface area (Å²) in [4.78, 5) is 0. The summed E-state index contributed by atoms with van der Waals surface area (Å²) < 4.78 is 5.36. The molecule has 0 unspecified atom stereocenters. The van der Waals surface area contributed by atoms with Gasteiger partial charge in [0, 0.05) is 12.2 Å². The van der Waals surface area contributed by atoms with Crippen molar-refractivity contribution in [3.05, 3.63) is 43.0 Å². The summed E-state index contributed by atoms with van der Waals surface area (Å²) in [5.41, 5.74) is 1.14. The van der Waals surface area contributed by atoms with Gasteiger partial charge in [-0.2, -0.15) is 0 Å². The number of hydrogen-bond acceptors (Lipinski definition) is 2. The highest BCUT2D eigenvalue weighted by molar-refractivity contribution is 5.42. The average molecular weight is 191 g/mol. The van der Waals surface area contributed by atoms with Crippen molar-refractivity contribution in [3.8, 4) is 0 Å². The Balaban J connectivity index is 2.02. The lowest BCUT2D eigenvalue weighted by molar-refractivity contribution is 0.149. The summed E-state index contributed by atoms with van der Waals surface area (Å²) >= 11 is 0. The van der Waals surface area contributed by atoms with Crippen LogP contribution in [-0.2, 0) is 4.74 Å². The molecule has 0 saturated heterocycles. The van der Waals surface area contributed by atoms with E-state index in [0.717, 1.165) is 31.9 Å². The van der Waals surface area contributed by atoms with Crippen molar-refractivity contribution in [2.24, 2.45) is 0 Å². The maximum Gasteiger partial charge on any atom is 0.0639 e. The summed E-state index contributed by atoms with van der Waals surface area (Å²) in [6.45, 7) is 5.98. The maximum absolute atomic E-state index is 5.36. The van der Waals surface area contributed by atoms with Gasteiger partial charge in [0.15, 0.2) is 0 Å². The van der Waals surface area contributed by atoms with Crippen LogP contribution in [0.2, 0.25) is 0 Å². The monoisotopic (exact) mass is 191 g/mol. The Bertz CT molecular complexity index is 246. The van der Waals surface area contributed by atoms with Gasteiger partial charge in [-0.15, -0.1) is 6.58 Å². The van der Waals surface area contributed by atoms with Crippen molar-refractivity contribution in [2.75, 3.05) is 25.1 Å². The van der Waals surface area contributed by atoms with E-state index in [9.17, 15) is 0 Å². The van der Waals surface area contributed by atoms with Gasteiger partial charge in [0.25, 0.3) is 0 Å². The van der Waals surface area contributed by atoms with E-state index in [1.165, 1.54) is 0 Å². The summed E-state index contributed by atoms with van der Waals surface area (Å²) in [5.74, 6) is 0. The molecule has 0 amide bonds. The highest BCUT2D eigenvalue weighted by atomic mass is 16.5. The number of para-hydroxylation sites is 1. The van der Waals surface area contributed by atoms with E-state index in [2.05, 4.69) is 11.9 Å². The summed E-state index contributed by atoms with van der Waals surface area (Å²) in [5, 5.41) is 3.27. The molecule has 0 aliphatic heterocycles. The Morgan fingerprint density at radius 1 is 1.21 bits per heavy atom. The zero-order chi connectivity index (χ0) is 10.1. The topological polar surface area (TPSA) is 21.3 Å². The summed E-state index contributed by atoms with van der Waals surface area (Å²) in [6.07, 6.45) is 2.79. The van der Waals surface area contributed by atoms with Crippen LogP contribution in [0, 0.1) is 0 Å². The fourth-order valence-corrected chi connectivity index (χ4v) is 1.09. The van der Waals surface area contributed by atoms with Gasteiger partial charge in [-0.3, -0.25) is 0 Å². The maximum atomic E-state index is 5.36. The number of benzene rings is 1. The van der Waals surface area contributed by atoms with Gasteiger partial charge in [0.1, 0.15) is 0 Å². The van der Waals surface area contributed by atoms with Crippen LogP contribution in [-0.4, -0.2) is 19.8 Å². The van der Waals surface area contributed by atoms with E-state index < -0.39 is 0 Å². The highest BCUT2D eigenvalue weighted by Gasteiger charge is 1.89. The van der Waals surface area contributed by atoms with Gasteiger partial charge in [-0.1, -0.05) is 24.3 Å². The van der Waals surface area contributed by atoms with Crippen LogP contribution in [0.3, 0.4) is 0 Å². The fraction of sp³-hybridized carbons (Fsp3) is 0.333. The molecule has 1 N–H and O–H groups in total. The first-order valence-corrected chi connectivity index (χ1v) is 4.91. The summed E-state index contributed by atoms with van der Waals surface area (Å²) in [6, 6.07) is 10.1. The van der Waals surface area contributed by atoms with Crippen LogP contribution in [0.5, 0.6) is 0 Å². The molecule has 0 atom stereocenters. The van der Waals surface area contributed by atoms with E-state index >= 15 is 0 Å². The Morgan fingerprint density at radius 3 is 2.71 bits per heavy atom. The second-order valence-electron chi connectivity index (χ2n) is 2.98. The predicted octanol–water partition coefficient (Wildman–Crippen LogP) is 2.69. The number of rotatable bonds is 7. The molecule has 0 saturated carbocycles. The number of anilines is 1. The van der Waals surface area contributed by atoms with Crippen LogP contribution in [0.25, 0.3) is 0 Å². The van der Waals surface area contributed by atoms with Crippen molar-refractivity contribution >= 4 is 5.69 Å². The largest absolute Gasteiger partial charge is 0.383 e. The Morgan fingerprint density at radius 2 is 2.00 bits per heavy atom. The van der Waals surface area contributed by atoms with E-state index in [4.69, 9.17) is 4.74 Å². The van der Waals surface area contributed by atoms with Gasteiger partial charge in [0.2, 0.25) is 0 Å². The van der Waals surface area contributed by atoms with Crippen molar-refractivity contribution in [2.45, 2.75) is 6.42 Å². The van der Waals surface area contributed by atoms with Crippen LogP contribution < -0.4 is 5.32 Å². The zero-order valence-corrected chi connectivity index (χ0v) is 8.41. The minimum Gasteiger partial charge on any atom is -0.383 e. The van der Waals surface area contributed by atoms with Gasteiger partial charge in [-0.05, 0) is 18.6 Å². The lowest BCUT2D eigenvalue weighted by atomic mass is 10.3. The highest BCUT2D eigenvalue weighted by Crippen LogP contribution is 2.03. The Hall–Kier alpha value is -1.28. The normalized spacial score (nSPS) is 9.71. The molecule has 1 aromatic rings. The zero-order valence-electron chi connectivity index (χ0n) is 8.41. The van der Waals surface area contributed by atoms with Crippen LogP contribution in [0.4, 0.5) is 5.69 Å². The van der Waals surface area contributed by atoms with Gasteiger partial charge in [-0.25, -0.2) is 0 Å². The lowest BCUT2D eigenvalue weighted by Crippen LogP contribution is -2.09. The minimum atomic E-state index is 0.739. The molecule has 0 aliphatic carbocycles. The van der Waals surface area contributed by atoms with Crippen molar-refractivity contribution in [1.29, 1.82) is 0 Å². The molecule has 0 radical (unpaired) electrons. The first kappa shape index (κ1) is 10.8. The molecule has 76 valence electrons. The van der Waals surface area contributed by atoms with Gasteiger partial charge >= 0.3 is 0 Å². The molecule has 2 heteroatoms. The van der Waals surface area contributed by atoms with E-state index in [1.807, 2.05) is 36.4 Å². The third-order valence-corrected chi connectivity index (χ3v) is 1.82. The molecule has 1 aromatic carbocycles. The first-order valence-electron chi connectivity index (χ1n) is 4.91. The molecular formula is C12H17NO. The first-order chi connectivity index (χ1) is 6.93. The summed E-state index contributed by atoms with van der Waals surface area (Å²) in [7, 11) is 0. The number of nitrogens with one attached hydrogen (secondary N) is 1. The minimum absolute atomic E-state index is 0.739. The Labute approximate surface area is 85.6 Å². The lowest BCUT2D eigenvalue weighted by Gasteiger charge is -2.06. The molecule has 0 aromatic heterocycles. The number of hydrogen-bond donors (Lipinski definition) is 1. The standard InChI is InChI=1S/C12H17NO/c1-2-3-10-14-11-9-13-12-7-5-4-6-8-12/h2,4-8,13H,1,3,9-11H2. The quantitative estimate of drug-likeness (QED) is 0.528. The number of ether oxygens (including phenoxy) is 1. The third kappa shape index (κ3) is 4.67. The van der Waals surface area contributed by atoms with Crippen molar-refractivity contribution in [3.63, 3.8) is 0 Å². The molecule has 0 bridgehead atoms. The van der Waals surface area contributed by atoms with Crippen LogP contribution >= 0.6 is 0 Å². The molecule has 0 spiro atoms. The molecule has 0 heterocycles. The average Bonchev–Trinajstić information content (AvgIpc) is 2.25. The van der Waals surface area contributed by atoms with Crippen molar-refractivity contribution < 1.29 is 4.74 Å².